The summed E-state index contributed by atoms with van der Waals surface area (Å²) in [4.78, 5) is 34.0. The van der Waals surface area contributed by atoms with Gasteiger partial charge in [0.2, 0.25) is 0 Å². The van der Waals surface area contributed by atoms with Gasteiger partial charge in [0.1, 0.15) is 0 Å². The predicted molar refractivity (Wildman–Crippen MR) is 77.3 cm³/mol. The van der Waals surface area contributed by atoms with E-state index in [2.05, 4.69) is 0 Å². The van der Waals surface area contributed by atoms with Crippen LogP contribution in [0.3, 0.4) is 0 Å². The number of hydrogen-bond acceptors (Lipinski definition) is 5. The van der Waals surface area contributed by atoms with E-state index in [-0.39, 0.29) is 30.0 Å². The number of ketones is 1. The van der Waals surface area contributed by atoms with Gasteiger partial charge in [-0.1, -0.05) is 6.42 Å². The van der Waals surface area contributed by atoms with Gasteiger partial charge in [0.05, 0.1) is 10.8 Å². The van der Waals surface area contributed by atoms with Gasteiger partial charge in [0.25, 0.3) is 5.69 Å². The van der Waals surface area contributed by atoms with Gasteiger partial charge in [-0.25, -0.2) is 0 Å². The van der Waals surface area contributed by atoms with Crippen molar-refractivity contribution in [3.05, 3.63) is 39.9 Å². The molecule has 1 aromatic rings. The monoisotopic (exact) mass is 303 g/mol. The molecule has 0 aromatic heterocycles. The average Bonchev–Trinajstić information content (AvgIpc) is 3.15. The molecule has 6 nitrogen and oxygen atoms in total. The van der Waals surface area contributed by atoms with Crippen molar-refractivity contribution in [1.82, 2.24) is 0 Å². The fraction of sp³-hybridized carbons (Fsp3) is 0.500. The summed E-state index contributed by atoms with van der Waals surface area (Å²) in [7, 11) is 0. The maximum atomic E-state index is 12.1. The molecule has 2 saturated carbocycles. The van der Waals surface area contributed by atoms with Crippen LogP contribution in [0.5, 0.6) is 0 Å². The number of nitro groups is 1. The number of Topliss-reactive ketones (excluding diaryl/α,β-unsaturated/α-hetero) is 1. The van der Waals surface area contributed by atoms with Crippen molar-refractivity contribution in [2.24, 2.45) is 17.8 Å². The van der Waals surface area contributed by atoms with Crippen LogP contribution >= 0.6 is 0 Å². The first-order valence-electron chi connectivity index (χ1n) is 7.49. The van der Waals surface area contributed by atoms with Gasteiger partial charge in [-0.05, 0) is 43.2 Å². The minimum atomic E-state index is -0.524. The molecule has 2 fully saturated rings. The number of nitrogens with zero attached hydrogens (tertiary/aromatic N) is 1. The fourth-order valence-corrected chi connectivity index (χ4v) is 3.63. The molecule has 0 radical (unpaired) electrons. The van der Waals surface area contributed by atoms with Crippen LogP contribution in [0.1, 0.15) is 36.0 Å². The molecule has 0 aliphatic heterocycles. The zero-order chi connectivity index (χ0) is 15.7. The molecule has 0 N–H and O–H groups in total. The number of non-ortho nitro benzene ring substituents is 1. The standard InChI is InChI=1S/C16H17NO5/c18-15(11-3-5-13(6-4-11)17(20)21)9-22-16(19)14-8-10-1-2-12(14)7-10/h3-6,10,12,14H,1-2,7-9H2. The molecule has 6 heteroatoms. The molecule has 3 unspecified atom stereocenters. The molecule has 116 valence electrons. The topological polar surface area (TPSA) is 86.5 Å². The Bertz CT molecular complexity index is 609. The largest absolute Gasteiger partial charge is 0.457 e. The summed E-state index contributed by atoms with van der Waals surface area (Å²) in [5.74, 6) is 0.400. The highest BCUT2D eigenvalue weighted by atomic mass is 16.6. The minimum Gasteiger partial charge on any atom is -0.457 e. The maximum Gasteiger partial charge on any atom is 0.309 e. The van der Waals surface area contributed by atoms with Gasteiger partial charge in [0, 0.05) is 17.7 Å². The summed E-state index contributed by atoms with van der Waals surface area (Å²) in [6, 6.07) is 5.30. The molecule has 2 aliphatic carbocycles. The maximum absolute atomic E-state index is 12.1. The smallest absolute Gasteiger partial charge is 0.309 e. The Kier molecular flexibility index (Phi) is 3.92. The van der Waals surface area contributed by atoms with Crippen LogP contribution in [0.25, 0.3) is 0 Å². The number of benzene rings is 1. The van der Waals surface area contributed by atoms with E-state index in [9.17, 15) is 19.7 Å². The average molecular weight is 303 g/mol. The molecule has 2 bridgehead atoms. The van der Waals surface area contributed by atoms with Crippen molar-refractivity contribution in [3.63, 3.8) is 0 Å². The molecule has 0 heterocycles. The van der Waals surface area contributed by atoms with Crippen LogP contribution in [0.2, 0.25) is 0 Å². The van der Waals surface area contributed by atoms with E-state index in [1.807, 2.05) is 0 Å². The minimum absolute atomic E-state index is 0.0524. The first kappa shape index (κ1) is 14.7. The summed E-state index contributed by atoms with van der Waals surface area (Å²) in [5.41, 5.74) is 0.238. The number of carbonyl (C=O) groups is 2. The fourth-order valence-electron chi connectivity index (χ4n) is 3.63. The van der Waals surface area contributed by atoms with Crippen molar-refractivity contribution >= 4 is 17.4 Å². The molecule has 0 spiro atoms. The van der Waals surface area contributed by atoms with Crippen LogP contribution in [0, 0.1) is 27.9 Å². The van der Waals surface area contributed by atoms with Crippen LogP contribution < -0.4 is 0 Å². The predicted octanol–water partition coefficient (Wildman–Crippen LogP) is 2.76. The van der Waals surface area contributed by atoms with E-state index in [0.29, 0.717) is 17.4 Å². The van der Waals surface area contributed by atoms with Gasteiger partial charge in [-0.15, -0.1) is 0 Å². The third kappa shape index (κ3) is 2.86. The number of rotatable bonds is 5. The summed E-state index contributed by atoms with van der Waals surface area (Å²) in [6.45, 7) is -0.301. The Balaban J connectivity index is 1.53. The molecule has 0 amide bonds. The van der Waals surface area contributed by atoms with Gasteiger partial charge in [-0.3, -0.25) is 19.7 Å². The lowest BCUT2D eigenvalue weighted by molar-refractivity contribution is -0.384. The Morgan fingerprint density at radius 1 is 1.18 bits per heavy atom. The van der Waals surface area contributed by atoms with Crippen molar-refractivity contribution in [2.75, 3.05) is 6.61 Å². The molecule has 1 aromatic carbocycles. The highest BCUT2D eigenvalue weighted by molar-refractivity contribution is 5.98. The van der Waals surface area contributed by atoms with Gasteiger partial charge >= 0.3 is 5.97 Å². The molecular formula is C16H17NO5. The number of ether oxygens (including phenoxy) is 1. The molecular weight excluding hydrogens is 286 g/mol. The van der Waals surface area contributed by atoms with Crippen LogP contribution in [0.15, 0.2) is 24.3 Å². The second-order valence-electron chi connectivity index (χ2n) is 6.12. The van der Waals surface area contributed by atoms with Crippen LogP contribution in [-0.4, -0.2) is 23.3 Å². The lowest BCUT2D eigenvalue weighted by Crippen LogP contribution is -2.25. The zero-order valence-electron chi connectivity index (χ0n) is 12.1. The number of carbonyl (C=O) groups excluding carboxylic acids is 2. The Labute approximate surface area is 127 Å². The lowest BCUT2D eigenvalue weighted by Gasteiger charge is -2.19. The molecule has 22 heavy (non-hydrogen) atoms. The second kappa shape index (κ2) is 5.87. The Hall–Kier alpha value is -2.24. The Morgan fingerprint density at radius 3 is 2.45 bits per heavy atom. The van der Waals surface area contributed by atoms with E-state index in [4.69, 9.17) is 4.74 Å². The number of nitro benzene ring substituents is 1. The van der Waals surface area contributed by atoms with E-state index in [1.165, 1.54) is 30.7 Å². The third-order valence-electron chi connectivity index (χ3n) is 4.79. The van der Waals surface area contributed by atoms with Gasteiger partial charge in [-0.2, -0.15) is 0 Å². The Morgan fingerprint density at radius 2 is 1.91 bits per heavy atom. The van der Waals surface area contributed by atoms with E-state index < -0.39 is 4.92 Å². The summed E-state index contributed by atoms with van der Waals surface area (Å²) < 4.78 is 5.15. The van der Waals surface area contributed by atoms with Gasteiger partial charge < -0.3 is 4.74 Å². The third-order valence-corrected chi connectivity index (χ3v) is 4.79. The quantitative estimate of drug-likeness (QED) is 0.361. The summed E-state index contributed by atoms with van der Waals surface area (Å²) >= 11 is 0. The number of hydrogen-bond donors (Lipinski definition) is 0. The first-order chi connectivity index (χ1) is 10.5. The van der Waals surface area contributed by atoms with Crippen molar-refractivity contribution < 1.29 is 19.2 Å². The number of esters is 1. The molecule has 3 rings (SSSR count). The van der Waals surface area contributed by atoms with Crippen molar-refractivity contribution in [3.8, 4) is 0 Å². The second-order valence-corrected chi connectivity index (χ2v) is 6.12. The SMILES string of the molecule is O=C(COC(=O)C1CC2CCC1C2)c1ccc([N+](=O)[O-])cc1. The molecule has 0 saturated heterocycles. The normalized spacial score (nSPS) is 25.9. The lowest BCUT2D eigenvalue weighted by atomic mass is 9.89. The highest BCUT2D eigenvalue weighted by Crippen LogP contribution is 2.48. The van der Waals surface area contributed by atoms with Crippen LogP contribution in [-0.2, 0) is 9.53 Å². The van der Waals surface area contributed by atoms with Crippen LogP contribution in [0.4, 0.5) is 5.69 Å². The van der Waals surface area contributed by atoms with Crippen molar-refractivity contribution in [1.29, 1.82) is 0 Å². The van der Waals surface area contributed by atoms with Gasteiger partial charge in [0.15, 0.2) is 12.4 Å². The molecule has 2 aliphatic rings. The van der Waals surface area contributed by atoms with E-state index in [0.717, 1.165) is 19.3 Å². The summed E-state index contributed by atoms with van der Waals surface area (Å²) in [5, 5.41) is 10.6. The van der Waals surface area contributed by atoms with E-state index >= 15 is 0 Å². The zero-order valence-corrected chi connectivity index (χ0v) is 12.1. The number of fused-ring (bicyclic) bond motifs is 2. The molecule has 3 atom stereocenters. The summed E-state index contributed by atoms with van der Waals surface area (Å²) in [6.07, 6.45) is 4.28. The first-order valence-corrected chi connectivity index (χ1v) is 7.49. The van der Waals surface area contributed by atoms with Crippen molar-refractivity contribution in [2.45, 2.75) is 25.7 Å². The highest BCUT2D eigenvalue weighted by Gasteiger charge is 2.43. The van der Waals surface area contributed by atoms with E-state index in [1.54, 1.807) is 0 Å².